The van der Waals surface area contributed by atoms with Gasteiger partial charge in [-0.25, -0.2) is 0 Å². The van der Waals surface area contributed by atoms with Crippen LogP contribution in [0.3, 0.4) is 0 Å². The van der Waals surface area contributed by atoms with E-state index in [1.807, 2.05) is 0 Å². The second-order valence-corrected chi connectivity index (χ2v) is 4.86. The summed E-state index contributed by atoms with van der Waals surface area (Å²) < 4.78 is 0. The Hall–Kier alpha value is -0.520. The van der Waals surface area contributed by atoms with Crippen LogP contribution in [0.25, 0.3) is 0 Å². The SMILES string of the molecule is CC12C=CC1C1CCC=CC2C1. The van der Waals surface area contributed by atoms with Crippen LogP contribution in [0.15, 0.2) is 24.3 Å². The van der Waals surface area contributed by atoms with Gasteiger partial charge in [0.25, 0.3) is 0 Å². The molecule has 1 fully saturated rings. The fourth-order valence-corrected chi connectivity index (χ4v) is 3.43. The molecule has 4 unspecified atom stereocenters. The van der Waals surface area contributed by atoms with Gasteiger partial charge in [0.05, 0.1) is 0 Å². The highest BCUT2D eigenvalue weighted by Crippen LogP contribution is 2.60. The quantitative estimate of drug-likeness (QED) is 0.477. The molecule has 4 atom stereocenters. The zero-order chi connectivity index (χ0) is 8.18. The summed E-state index contributed by atoms with van der Waals surface area (Å²) in [6.45, 7) is 2.44. The minimum atomic E-state index is 0.557. The van der Waals surface area contributed by atoms with E-state index in [0.29, 0.717) is 5.41 Å². The van der Waals surface area contributed by atoms with Gasteiger partial charge in [-0.3, -0.25) is 0 Å². The van der Waals surface area contributed by atoms with Crippen molar-refractivity contribution in [2.75, 3.05) is 0 Å². The van der Waals surface area contributed by atoms with E-state index in [-0.39, 0.29) is 0 Å². The fourth-order valence-electron chi connectivity index (χ4n) is 3.43. The maximum Gasteiger partial charge on any atom is -0.00182 e. The lowest BCUT2D eigenvalue weighted by atomic mass is 9.64. The number of rotatable bonds is 0. The molecule has 0 amide bonds. The number of allylic oxidation sites excluding steroid dienone is 4. The van der Waals surface area contributed by atoms with E-state index in [9.17, 15) is 0 Å². The third kappa shape index (κ3) is 0.646. The first-order valence-electron chi connectivity index (χ1n) is 5.17. The van der Waals surface area contributed by atoms with Gasteiger partial charge in [0.1, 0.15) is 0 Å². The van der Waals surface area contributed by atoms with Crippen molar-refractivity contribution in [1.82, 2.24) is 0 Å². The van der Waals surface area contributed by atoms with Crippen molar-refractivity contribution in [3.8, 4) is 0 Å². The zero-order valence-corrected chi connectivity index (χ0v) is 7.66. The summed E-state index contributed by atoms with van der Waals surface area (Å²) in [6.07, 6.45) is 14.0. The summed E-state index contributed by atoms with van der Waals surface area (Å²) >= 11 is 0. The maximum absolute atomic E-state index is 2.48. The molecule has 0 nitrogen and oxygen atoms in total. The molecule has 0 N–H and O–H groups in total. The van der Waals surface area contributed by atoms with E-state index in [1.165, 1.54) is 19.3 Å². The molecule has 1 saturated carbocycles. The van der Waals surface area contributed by atoms with Gasteiger partial charge >= 0.3 is 0 Å². The topological polar surface area (TPSA) is 0 Å². The van der Waals surface area contributed by atoms with Crippen LogP contribution in [-0.4, -0.2) is 0 Å². The lowest BCUT2D eigenvalue weighted by Crippen LogP contribution is -2.33. The van der Waals surface area contributed by atoms with Gasteiger partial charge in [0.2, 0.25) is 0 Å². The van der Waals surface area contributed by atoms with Crippen LogP contribution >= 0.6 is 0 Å². The molecule has 0 heterocycles. The van der Waals surface area contributed by atoms with Gasteiger partial charge in [0.15, 0.2) is 0 Å². The Morgan fingerprint density at radius 1 is 1.33 bits per heavy atom. The van der Waals surface area contributed by atoms with Crippen LogP contribution in [0.5, 0.6) is 0 Å². The standard InChI is InChI=1S/C12H16/c1-12-7-6-11(12)9-4-2-3-5-10(12)8-9/h3,5-7,9-11H,2,4,8H2,1H3. The number of hydrogen-bond acceptors (Lipinski definition) is 0. The molecule has 0 spiro atoms. The van der Waals surface area contributed by atoms with Crippen LogP contribution in [-0.2, 0) is 0 Å². The summed E-state index contributed by atoms with van der Waals surface area (Å²) in [7, 11) is 0. The monoisotopic (exact) mass is 160 g/mol. The van der Waals surface area contributed by atoms with Crippen LogP contribution < -0.4 is 0 Å². The van der Waals surface area contributed by atoms with E-state index in [0.717, 1.165) is 17.8 Å². The van der Waals surface area contributed by atoms with Gasteiger partial charge in [-0.15, -0.1) is 0 Å². The van der Waals surface area contributed by atoms with Crippen molar-refractivity contribution in [2.24, 2.45) is 23.2 Å². The predicted molar refractivity (Wildman–Crippen MR) is 50.7 cm³/mol. The molecule has 0 heteroatoms. The Balaban J connectivity index is 2.03. The van der Waals surface area contributed by atoms with Crippen molar-refractivity contribution in [3.63, 3.8) is 0 Å². The van der Waals surface area contributed by atoms with Crippen molar-refractivity contribution in [1.29, 1.82) is 0 Å². The third-order valence-corrected chi connectivity index (χ3v) is 4.32. The molecular weight excluding hydrogens is 144 g/mol. The Labute approximate surface area is 74.4 Å². The average Bonchev–Trinajstić information content (AvgIpc) is 2.30. The molecule has 0 aliphatic heterocycles. The molecule has 0 radical (unpaired) electrons. The Kier molecular flexibility index (Phi) is 1.18. The van der Waals surface area contributed by atoms with Crippen LogP contribution in [0, 0.1) is 23.2 Å². The zero-order valence-electron chi connectivity index (χ0n) is 7.66. The van der Waals surface area contributed by atoms with Crippen LogP contribution in [0.2, 0.25) is 0 Å². The minimum absolute atomic E-state index is 0.557. The first kappa shape index (κ1) is 6.94. The van der Waals surface area contributed by atoms with Crippen molar-refractivity contribution >= 4 is 0 Å². The second-order valence-electron chi connectivity index (χ2n) is 4.86. The average molecular weight is 160 g/mol. The van der Waals surface area contributed by atoms with Crippen molar-refractivity contribution < 1.29 is 0 Å². The molecule has 64 valence electrons. The normalized spacial score (nSPS) is 54.6. The molecular formula is C12H16. The fraction of sp³-hybridized carbons (Fsp3) is 0.667. The lowest BCUT2D eigenvalue weighted by Gasteiger charge is -2.40. The third-order valence-electron chi connectivity index (χ3n) is 4.32. The van der Waals surface area contributed by atoms with Crippen molar-refractivity contribution in [3.05, 3.63) is 24.3 Å². The first-order valence-corrected chi connectivity index (χ1v) is 5.17. The minimum Gasteiger partial charge on any atom is -0.0882 e. The summed E-state index contributed by atoms with van der Waals surface area (Å²) in [5, 5.41) is 0. The van der Waals surface area contributed by atoms with E-state index in [1.54, 1.807) is 0 Å². The van der Waals surface area contributed by atoms with E-state index < -0.39 is 0 Å². The van der Waals surface area contributed by atoms with Gasteiger partial charge < -0.3 is 0 Å². The number of hydrogen-bond donors (Lipinski definition) is 0. The number of fused-ring (bicyclic) bond motifs is 5. The van der Waals surface area contributed by atoms with E-state index in [2.05, 4.69) is 31.2 Å². The molecule has 0 aromatic heterocycles. The Morgan fingerprint density at radius 3 is 3.00 bits per heavy atom. The second kappa shape index (κ2) is 2.04. The summed E-state index contributed by atoms with van der Waals surface area (Å²) in [4.78, 5) is 0. The Bertz CT molecular complexity index is 261. The molecule has 0 aromatic carbocycles. The smallest absolute Gasteiger partial charge is 0.00182 e. The predicted octanol–water partition coefficient (Wildman–Crippen LogP) is 3.16. The highest BCUT2D eigenvalue weighted by atomic mass is 14.6. The molecule has 0 saturated heterocycles. The van der Waals surface area contributed by atoms with Gasteiger partial charge in [-0.1, -0.05) is 31.2 Å². The Morgan fingerprint density at radius 2 is 2.25 bits per heavy atom. The molecule has 3 aliphatic carbocycles. The highest BCUT2D eigenvalue weighted by Gasteiger charge is 2.52. The molecule has 3 rings (SSSR count). The molecule has 0 aromatic rings. The summed E-state index contributed by atoms with van der Waals surface area (Å²) in [5.74, 6) is 2.78. The van der Waals surface area contributed by atoms with Crippen LogP contribution in [0.4, 0.5) is 0 Å². The summed E-state index contributed by atoms with van der Waals surface area (Å²) in [6, 6.07) is 0. The van der Waals surface area contributed by atoms with Crippen molar-refractivity contribution in [2.45, 2.75) is 26.2 Å². The first-order chi connectivity index (χ1) is 5.81. The molecule has 3 aliphatic rings. The maximum atomic E-state index is 2.48. The lowest BCUT2D eigenvalue weighted by molar-refractivity contribution is 0.232. The summed E-state index contributed by atoms with van der Waals surface area (Å²) in [5.41, 5.74) is 0.557. The highest BCUT2D eigenvalue weighted by molar-refractivity contribution is 5.27. The van der Waals surface area contributed by atoms with E-state index >= 15 is 0 Å². The molecule has 2 bridgehead atoms. The van der Waals surface area contributed by atoms with Gasteiger partial charge in [-0.2, -0.15) is 0 Å². The molecule has 12 heavy (non-hydrogen) atoms. The van der Waals surface area contributed by atoms with E-state index in [4.69, 9.17) is 0 Å². The van der Waals surface area contributed by atoms with Gasteiger partial charge in [-0.05, 0) is 42.4 Å². The largest absolute Gasteiger partial charge is 0.0882 e. The van der Waals surface area contributed by atoms with Crippen LogP contribution in [0.1, 0.15) is 26.2 Å². The van der Waals surface area contributed by atoms with Gasteiger partial charge in [0, 0.05) is 0 Å².